The molecule has 0 amide bonds. The molecule has 0 bridgehead atoms. The molecule has 1 rings (SSSR count). The van der Waals surface area contributed by atoms with Gasteiger partial charge in [0.1, 0.15) is 11.6 Å². The Balaban J connectivity index is 2.92. The van der Waals surface area contributed by atoms with Gasteiger partial charge in [0.2, 0.25) is 10.0 Å². The zero-order chi connectivity index (χ0) is 12.3. The third-order valence-electron chi connectivity index (χ3n) is 1.65. The molecule has 1 aromatic rings. The maximum atomic E-state index is 13.0. The second kappa shape index (κ2) is 4.75. The molecule has 0 radical (unpaired) electrons. The Kier molecular flexibility index (Phi) is 3.82. The normalized spacial score (nSPS) is 11.1. The van der Waals surface area contributed by atoms with E-state index in [4.69, 9.17) is 5.73 Å². The zero-order valence-electron chi connectivity index (χ0n) is 8.53. The van der Waals surface area contributed by atoms with Crippen LogP contribution < -0.4 is 10.5 Å². The molecule has 16 heavy (non-hydrogen) atoms. The van der Waals surface area contributed by atoms with Crippen molar-refractivity contribution in [2.75, 3.05) is 10.5 Å². The van der Waals surface area contributed by atoms with Crippen molar-refractivity contribution in [3.8, 4) is 0 Å². The second-order valence-corrected chi connectivity index (χ2v) is 5.59. The largest absolute Gasteiger partial charge is 0.392 e. The lowest BCUT2D eigenvalue weighted by Gasteiger charge is -2.07. The summed E-state index contributed by atoms with van der Waals surface area (Å²) in [7, 11) is -3.65. The van der Waals surface area contributed by atoms with E-state index in [2.05, 4.69) is 16.9 Å². The van der Waals surface area contributed by atoms with Crippen molar-refractivity contribution in [3.63, 3.8) is 0 Å². The number of hydrogen-bond donors (Lipinski definition) is 2. The van der Waals surface area contributed by atoms with Crippen molar-refractivity contribution in [2.24, 2.45) is 5.73 Å². The molecule has 0 aliphatic heterocycles. The summed E-state index contributed by atoms with van der Waals surface area (Å²) in [6.07, 6.45) is 0. The molecular formula is C9H11FN2O2S2. The highest BCUT2D eigenvalue weighted by Crippen LogP contribution is 2.14. The fraction of sp³-hybridized carbons (Fsp3) is 0.222. The SMILES string of the molecule is Cc1cc(F)cc(NS(=O)(=O)CC(N)=S)c1. The number of aryl methyl sites for hydroxylation is 1. The molecule has 0 unspecified atom stereocenters. The van der Waals surface area contributed by atoms with Gasteiger partial charge >= 0.3 is 0 Å². The predicted octanol–water partition coefficient (Wildman–Crippen LogP) is 1.16. The lowest BCUT2D eigenvalue weighted by molar-refractivity contribution is 0.604. The van der Waals surface area contributed by atoms with Crippen LogP contribution in [0.3, 0.4) is 0 Å². The third kappa shape index (κ3) is 4.11. The molecule has 0 aromatic heterocycles. The van der Waals surface area contributed by atoms with E-state index in [9.17, 15) is 12.8 Å². The van der Waals surface area contributed by atoms with Crippen LogP contribution in [0.2, 0.25) is 0 Å². The van der Waals surface area contributed by atoms with Gasteiger partial charge in [-0.2, -0.15) is 0 Å². The van der Waals surface area contributed by atoms with Gasteiger partial charge in [-0.15, -0.1) is 0 Å². The minimum absolute atomic E-state index is 0.138. The summed E-state index contributed by atoms with van der Waals surface area (Å²) in [5, 5.41) is 0. The van der Waals surface area contributed by atoms with Gasteiger partial charge in [0, 0.05) is 0 Å². The number of benzene rings is 1. The smallest absolute Gasteiger partial charge is 0.239 e. The summed E-state index contributed by atoms with van der Waals surface area (Å²) in [5.41, 5.74) is 5.91. The van der Waals surface area contributed by atoms with Crippen LogP contribution >= 0.6 is 12.2 Å². The standard InChI is InChI=1S/C9H11FN2O2S2/c1-6-2-7(10)4-8(3-6)12-16(13,14)5-9(11)15/h2-4,12H,5H2,1H3,(H2,11,15). The average molecular weight is 262 g/mol. The van der Waals surface area contributed by atoms with Crippen LogP contribution in [0, 0.1) is 12.7 Å². The maximum absolute atomic E-state index is 13.0. The molecule has 1 aromatic carbocycles. The Morgan fingerprint density at radius 3 is 2.62 bits per heavy atom. The Bertz CT molecular complexity index is 494. The van der Waals surface area contributed by atoms with E-state index in [1.807, 2.05) is 0 Å². The summed E-state index contributed by atoms with van der Waals surface area (Å²) in [6.45, 7) is 1.66. The molecule has 0 aliphatic carbocycles. The minimum Gasteiger partial charge on any atom is -0.392 e. The first-order chi connectivity index (χ1) is 7.28. The van der Waals surface area contributed by atoms with Gasteiger partial charge in [-0.25, -0.2) is 12.8 Å². The molecule has 7 heteroatoms. The van der Waals surface area contributed by atoms with Gasteiger partial charge in [0.15, 0.2) is 0 Å². The van der Waals surface area contributed by atoms with Crippen LogP contribution in [0.5, 0.6) is 0 Å². The zero-order valence-corrected chi connectivity index (χ0v) is 10.2. The first-order valence-electron chi connectivity index (χ1n) is 4.34. The molecular weight excluding hydrogens is 251 g/mol. The number of hydrogen-bond acceptors (Lipinski definition) is 3. The second-order valence-electron chi connectivity index (χ2n) is 3.34. The van der Waals surface area contributed by atoms with Crippen LogP contribution in [0.25, 0.3) is 0 Å². The van der Waals surface area contributed by atoms with Gasteiger partial charge in [-0.05, 0) is 30.7 Å². The van der Waals surface area contributed by atoms with Crippen LogP contribution in [0.1, 0.15) is 5.56 Å². The Morgan fingerprint density at radius 2 is 2.12 bits per heavy atom. The first-order valence-corrected chi connectivity index (χ1v) is 6.40. The average Bonchev–Trinajstić information content (AvgIpc) is 1.95. The van der Waals surface area contributed by atoms with Crippen LogP contribution in [0.15, 0.2) is 18.2 Å². The van der Waals surface area contributed by atoms with E-state index >= 15 is 0 Å². The van der Waals surface area contributed by atoms with Gasteiger partial charge in [0.25, 0.3) is 0 Å². The van der Waals surface area contributed by atoms with E-state index in [0.29, 0.717) is 5.56 Å². The fourth-order valence-electron chi connectivity index (χ4n) is 1.20. The van der Waals surface area contributed by atoms with Crippen molar-refractivity contribution < 1.29 is 12.8 Å². The van der Waals surface area contributed by atoms with E-state index in [0.717, 1.165) is 6.07 Å². The number of rotatable bonds is 4. The summed E-state index contributed by atoms with van der Waals surface area (Å²) in [4.78, 5) is -0.138. The number of anilines is 1. The van der Waals surface area contributed by atoms with E-state index in [-0.39, 0.29) is 10.7 Å². The minimum atomic E-state index is -3.65. The van der Waals surface area contributed by atoms with Crippen molar-refractivity contribution in [3.05, 3.63) is 29.6 Å². The van der Waals surface area contributed by atoms with Gasteiger partial charge in [0.05, 0.1) is 10.7 Å². The van der Waals surface area contributed by atoms with Gasteiger partial charge < -0.3 is 5.73 Å². The summed E-state index contributed by atoms with van der Waals surface area (Å²) in [6, 6.07) is 3.90. The van der Waals surface area contributed by atoms with Crippen molar-refractivity contribution in [2.45, 2.75) is 6.92 Å². The highest BCUT2D eigenvalue weighted by molar-refractivity contribution is 7.95. The first kappa shape index (κ1) is 12.9. The Hall–Kier alpha value is -1.21. The topological polar surface area (TPSA) is 72.2 Å². The molecule has 0 fully saturated rings. The lowest BCUT2D eigenvalue weighted by atomic mass is 10.2. The van der Waals surface area contributed by atoms with E-state index < -0.39 is 21.6 Å². The molecule has 88 valence electrons. The molecule has 3 N–H and O–H groups in total. The summed E-state index contributed by atoms with van der Waals surface area (Å²) < 4.78 is 38.0. The molecule has 0 atom stereocenters. The Morgan fingerprint density at radius 1 is 1.50 bits per heavy atom. The third-order valence-corrected chi connectivity index (χ3v) is 3.21. The highest BCUT2D eigenvalue weighted by Gasteiger charge is 2.12. The van der Waals surface area contributed by atoms with Crippen molar-refractivity contribution in [1.82, 2.24) is 0 Å². The van der Waals surface area contributed by atoms with E-state index in [1.54, 1.807) is 6.92 Å². The monoisotopic (exact) mass is 262 g/mol. The van der Waals surface area contributed by atoms with Crippen molar-refractivity contribution >= 4 is 32.9 Å². The number of nitrogens with two attached hydrogens (primary N) is 1. The molecule has 0 heterocycles. The molecule has 4 nitrogen and oxygen atoms in total. The highest BCUT2D eigenvalue weighted by atomic mass is 32.2. The molecule has 0 aliphatic rings. The van der Waals surface area contributed by atoms with Gasteiger partial charge in [-0.1, -0.05) is 12.2 Å². The maximum Gasteiger partial charge on any atom is 0.239 e. The Labute approximate surface area is 98.7 Å². The van der Waals surface area contributed by atoms with Crippen LogP contribution in [0.4, 0.5) is 10.1 Å². The summed E-state index contributed by atoms with van der Waals surface area (Å²) >= 11 is 4.50. The molecule has 0 saturated heterocycles. The molecule has 0 spiro atoms. The van der Waals surface area contributed by atoms with E-state index in [1.165, 1.54) is 12.1 Å². The van der Waals surface area contributed by atoms with Crippen LogP contribution in [-0.2, 0) is 10.0 Å². The van der Waals surface area contributed by atoms with Gasteiger partial charge in [-0.3, -0.25) is 4.72 Å². The number of nitrogens with one attached hydrogen (secondary N) is 1. The number of thiocarbonyl (C=S) groups is 1. The molecule has 0 saturated carbocycles. The number of halogens is 1. The number of sulfonamides is 1. The van der Waals surface area contributed by atoms with Crippen molar-refractivity contribution in [1.29, 1.82) is 0 Å². The lowest BCUT2D eigenvalue weighted by Crippen LogP contribution is -2.26. The quantitative estimate of drug-likeness (QED) is 0.799. The van der Waals surface area contributed by atoms with Crippen LogP contribution in [-0.4, -0.2) is 19.2 Å². The fourth-order valence-corrected chi connectivity index (χ4v) is 2.59. The summed E-state index contributed by atoms with van der Waals surface area (Å²) in [5.74, 6) is -0.967. The predicted molar refractivity (Wildman–Crippen MR) is 65.3 cm³/mol.